The minimum atomic E-state index is -0.230. The van der Waals surface area contributed by atoms with Crippen molar-refractivity contribution in [3.05, 3.63) is 65.2 Å². The molecule has 24 heavy (non-hydrogen) atoms. The van der Waals surface area contributed by atoms with Crippen LogP contribution in [-0.4, -0.2) is 17.9 Å². The number of rotatable bonds is 5. The molecule has 1 unspecified atom stereocenters. The van der Waals surface area contributed by atoms with Crippen LogP contribution in [0.1, 0.15) is 41.3 Å². The maximum absolute atomic E-state index is 12.2. The SMILES string of the molecule is CC(CC(=O)Nc1ccc2c(c1)CCC2)NC(=O)c1ccccc1. The summed E-state index contributed by atoms with van der Waals surface area (Å²) in [6.07, 6.45) is 3.65. The predicted molar refractivity (Wildman–Crippen MR) is 95.1 cm³/mol. The van der Waals surface area contributed by atoms with Gasteiger partial charge in [0.15, 0.2) is 0 Å². The zero-order valence-corrected chi connectivity index (χ0v) is 13.8. The molecule has 0 spiro atoms. The van der Waals surface area contributed by atoms with Crippen molar-refractivity contribution in [3.63, 3.8) is 0 Å². The Labute approximate surface area is 142 Å². The molecule has 2 aromatic rings. The Bertz CT molecular complexity index is 741. The summed E-state index contributed by atoms with van der Waals surface area (Å²) < 4.78 is 0. The average molecular weight is 322 g/mol. The third-order valence-electron chi connectivity index (χ3n) is 4.29. The van der Waals surface area contributed by atoms with Gasteiger partial charge in [0.1, 0.15) is 0 Å². The number of fused-ring (bicyclic) bond motifs is 1. The topological polar surface area (TPSA) is 58.2 Å². The number of nitrogens with one attached hydrogen (secondary N) is 2. The normalized spacial score (nSPS) is 13.9. The largest absolute Gasteiger partial charge is 0.349 e. The summed E-state index contributed by atoms with van der Waals surface area (Å²) in [7, 11) is 0. The van der Waals surface area contributed by atoms with Crippen LogP contribution >= 0.6 is 0 Å². The number of carbonyl (C=O) groups excluding carboxylic acids is 2. The van der Waals surface area contributed by atoms with Crippen LogP contribution in [-0.2, 0) is 17.6 Å². The summed E-state index contributed by atoms with van der Waals surface area (Å²) in [5, 5.41) is 5.78. The third-order valence-corrected chi connectivity index (χ3v) is 4.29. The Morgan fingerprint density at radius 1 is 1.04 bits per heavy atom. The molecule has 0 heterocycles. The summed E-state index contributed by atoms with van der Waals surface area (Å²) in [6, 6.07) is 14.9. The quantitative estimate of drug-likeness (QED) is 0.887. The van der Waals surface area contributed by atoms with Crippen LogP contribution in [0.5, 0.6) is 0 Å². The van der Waals surface area contributed by atoms with Crippen LogP contribution in [0.2, 0.25) is 0 Å². The Hall–Kier alpha value is -2.62. The fraction of sp³-hybridized carbons (Fsp3) is 0.300. The highest BCUT2D eigenvalue weighted by molar-refractivity contribution is 5.95. The van der Waals surface area contributed by atoms with Gasteiger partial charge in [-0.1, -0.05) is 24.3 Å². The summed E-state index contributed by atoms with van der Waals surface area (Å²) >= 11 is 0. The second-order valence-corrected chi connectivity index (χ2v) is 6.33. The number of carbonyl (C=O) groups is 2. The van der Waals surface area contributed by atoms with Crippen molar-refractivity contribution in [3.8, 4) is 0 Å². The van der Waals surface area contributed by atoms with E-state index < -0.39 is 0 Å². The maximum atomic E-state index is 12.2. The monoisotopic (exact) mass is 322 g/mol. The number of benzene rings is 2. The molecule has 1 aliphatic rings. The highest BCUT2D eigenvalue weighted by atomic mass is 16.2. The summed E-state index contributed by atoms with van der Waals surface area (Å²) in [4.78, 5) is 24.3. The molecule has 1 atom stereocenters. The standard InChI is InChI=1S/C20H22N2O2/c1-14(21-20(24)16-6-3-2-4-7-16)12-19(23)22-18-11-10-15-8-5-9-17(15)13-18/h2-4,6-7,10-11,13-14H,5,8-9,12H2,1H3,(H,21,24)(H,22,23). The van der Waals surface area contributed by atoms with Gasteiger partial charge in [0.25, 0.3) is 5.91 Å². The molecule has 2 N–H and O–H groups in total. The van der Waals surface area contributed by atoms with Gasteiger partial charge in [0.05, 0.1) is 0 Å². The van der Waals surface area contributed by atoms with E-state index in [-0.39, 0.29) is 24.3 Å². The lowest BCUT2D eigenvalue weighted by molar-refractivity contribution is -0.116. The van der Waals surface area contributed by atoms with Gasteiger partial charge in [-0.15, -0.1) is 0 Å². The molecule has 0 aromatic heterocycles. The molecular formula is C20H22N2O2. The molecule has 0 fully saturated rings. The molecule has 0 saturated heterocycles. The molecular weight excluding hydrogens is 300 g/mol. The van der Waals surface area contributed by atoms with E-state index in [9.17, 15) is 9.59 Å². The van der Waals surface area contributed by atoms with Crippen LogP contribution in [0.3, 0.4) is 0 Å². The Balaban J connectivity index is 1.52. The fourth-order valence-electron chi connectivity index (χ4n) is 3.09. The van der Waals surface area contributed by atoms with Crippen LogP contribution < -0.4 is 10.6 Å². The number of hydrogen-bond donors (Lipinski definition) is 2. The maximum Gasteiger partial charge on any atom is 0.251 e. The second kappa shape index (κ2) is 7.30. The molecule has 4 heteroatoms. The van der Waals surface area contributed by atoms with Crippen molar-refractivity contribution in [1.82, 2.24) is 5.32 Å². The van der Waals surface area contributed by atoms with E-state index in [0.717, 1.165) is 18.5 Å². The van der Waals surface area contributed by atoms with Crippen molar-refractivity contribution in [2.75, 3.05) is 5.32 Å². The molecule has 3 rings (SSSR count). The Morgan fingerprint density at radius 2 is 1.79 bits per heavy atom. The molecule has 1 aliphatic carbocycles. The predicted octanol–water partition coefficient (Wildman–Crippen LogP) is 3.32. The van der Waals surface area contributed by atoms with E-state index in [2.05, 4.69) is 22.8 Å². The van der Waals surface area contributed by atoms with Crippen LogP contribution in [0, 0.1) is 0 Å². The van der Waals surface area contributed by atoms with Crippen molar-refractivity contribution < 1.29 is 9.59 Å². The van der Waals surface area contributed by atoms with E-state index in [1.807, 2.05) is 31.2 Å². The first-order valence-corrected chi connectivity index (χ1v) is 8.39. The smallest absolute Gasteiger partial charge is 0.251 e. The number of amides is 2. The first kappa shape index (κ1) is 16.2. The molecule has 0 bridgehead atoms. The molecule has 2 amide bonds. The highest BCUT2D eigenvalue weighted by Crippen LogP contribution is 2.24. The zero-order valence-electron chi connectivity index (χ0n) is 13.8. The first-order valence-electron chi connectivity index (χ1n) is 8.39. The van der Waals surface area contributed by atoms with Crippen molar-refractivity contribution in [2.24, 2.45) is 0 Å². The first-order chi connectivity index (χ1) is 11.6. The van der Waals surface area contributed by atoms with Gasteiger partial charge < -0.3 is 10.6 Å². The number of anilines is 1. The van der Waals surface area contributed by atoms with E-state index in [0.29, 0.717) is 5.56 Å². The van der Waals surface area contributed by atoms with Crippen molar-refractivity contribution in [1.29, 1.82) is 0 Å². The fourth-order valence-corrected chi connectivity index (χ4v) is 3.09. The van der Waals surface area contributed by atoms with E-state index >= 15 is 0 Å². The summed E-state index contributed by atoms with van der Waals surface area (Å²) in [6.45, 7) is 1.84. The van der Waals surface area contributed by atoms with Gasteiger partial charge in [-0.25, -0.2) is 0 Å². The minimum Gasteiger partial charge on any atom is -0.349 e. The van der Waals surface area contributed by atoms with Crippen molar-refractivity contribution >= 4 is 17.5 Å². The summed E-state index contributed by atoms with van der Waals surface area (Å²) in [5.41, 5.74) is 4.15. The molecule has 4 nitrogen and oxygen atoms in total. The average Bonchev–Trinajstić information content (AvgIpc) is 3.03. The van der Waals surface area contributed by atoms with Crippen LogP contribution in [0.4, 0.5) is 5.69 Å². The number of hydrogen-bond acceptors (Lipinski definition) is 2. The summed E-state index contributed by atoms with van der Waals surface area (Å²) in [5.74, 6) is -0.248. The Kier molecular flexibility index (Phi) is 4.94. The van der Waals surface area contributed by atoms with Gasteiger partial charge in [-0.2, -0.15) is 0 Å². The number of aryl methyl sites for hydroxylation is 2. The molecule has 0 saturated carbocycles. The lowest BCUT2D eigenvalue weighted by Gasteiger charge is -2.14. The second-order valence-electron chi connectivity index (χ2n) is 6.33. The third kappa shape index (κ3) is 4.02. The van der Waals surface area contributed by atoms with Crippen molar-refractivity contribution in [2.45, 2.75) is 38.6 Å². The van der Waals surface area contributed by atoms with Gasteiger partial charge in [0.2, 0.25) is 5.91 Å². The molecule has 2 aromatic carbocycles. The van der Waals surface area contributed by atoms with E-state index in [1.165, 1.54) is 17.5 Å². The molecule has 124 valence electrons. The lowest BCUT2D eigenvalue weighted by Crippen LogP contribution is -2.35. The molecule has 0 radical (unpaired) electrons. The van der Waals surface area contributed by atoms with Gasteiger partial charge >= 0.3 is 0 Å². The van der Waals surface area contributed by atoms with E-state index in [1.54, 1.807) is 12.1 Å². The highest BCUT2D eigenvalue weighted by Gasteiger charge is 2.15. The zero-order chi connectivity index (χ0) is 16.9. The van der Waals surface area contributed by atoms with Gasteiger partial charge in [0, 0.05) is 23.7 Å². The van der Waals surface area contributed by atoms with E-state index in [4.69, 9.17) is 0 Å². The van der Waals surface area contributed by atoms with Gasteiger partial charge in [-0.05, 0) is 61.6 Å². The van der Waals surface area contributed by atoms with Crippen LogP contribution in [0.15, 0.2) is 48.5 Å². The lowest BCUT2D eigenvalue weighted by atomic mass is 10.1. The van der Waals surface area contributed by atoms with Crippen LogP contribution in [0.25, 0.3) is 0 Å². The molecule has 0 aliphatic heterocycles. The minimum absolute atomic E-state index is 0.0891. The Morgan fingerprint density at radius 3 is 2.58 bits per heavy atom. The van der Waals surface area contributed by atoms with Gasteiger partial charge in [-0.3, -0.25) is 9.59 Å².